The zero-order valence-electron chi connectivity index (χ0n) is 23.8. The highest BCUT2D eigenvalue weighted by atomic mass is 28.4. The van der Waals surface area contributed by atoms with Crippen LogP contribution in [0.2, 0.25) is 36.3 Å². The summed E-state index contributed by atoms with van der Waals surface area (Å²) < 4.78 is 14.0. The van der Waals surface area contributed by atoms with E-state index in [-0.39, 0.29) is 51.9 Å². The van der Waals surface area contributed by atoms with Crippen molar-refractivity contribution < 1.29 is 18.4 Å². The average Bonchev–Trinajstić information content (AvgIpc) is 3.20. The van der Waals surface area contributed by atoms with Gasteiger partial charge in [0.15, 0.2) is 16.6 Å². The van der Waals surface area contributed by atoms with Crippen LogP contribution in [0.5, 0.6) is 0 Å². The van der Waals surface area contributed by atoms with Gasteiger partial charge in [0.1, 0.15) is 0 Å². The summed E-state index contributed by atoms with van der Waals surface area (Å²) in [6.07, 6.45) is 3.39. The Morgan fingerprint density at radius 3 is 1.92 bits per heavy atom. The fraction of sp³-hybridized carbons (Fsp3) is 0.655. The molecule has 1 heterocycles. The van der Waals surface area contributed by atoms with Crippen molar-refractivity contribution in [2.45, 2.75) is 103 Å². The van der Waals surface area contributed by atoms with Crippen LogP contribution in [0.15, 0.2) is 42.0 Å². The fourth-order valence-corrected chi connectivity index (χ4v) is 8.10. The Morgan fingerprint density at radius 2 is 1.36 bits per heavy atom. The van der Waals surface area contributed by atoms with E-state index in [2.05, 4.69) is 73.8 Å². The lowest BCUT2D eigenvalue weighted by molar-refractivity contribution is -0.123. The average molecular weight is 528 g/mol. The smallest absolute Gasteiger partial charge is 0.238 e. The summed E-state index contributed by atoms with van der Waals surface area (Å²) >= 11 is 0. The molecular weight excluding hydrogens is 482 g/mol. The van der Waals surface area contributed by atoms with Crippen LogP contribution < -0.4 is 4.90 Å². The van der Waals surface area contributed by atoms with Gasteiger partial charge in [0.2, 0.25) is 11.8 Å². The molecule has 1 aliphatic heterocycles. The van der Waals surface area contributed by atoms with E-state index >= 15 is 0 Å². The van der Waals surface area contributed by atoms with E-state index in [1.807, 2.05) is 30.3 Å². The van der Waals surface area contributed by atoms with Gasteiger partial charge in [0, 0.05) is 12.3 Å². The second-order valence-electron chi connectivity index (χ2n) is 14.0. The Bertz CT molecular complexity index is 1050. The van der Waals surface area contributed by atoms with Gasteiger partial charge >= 0.3 is 0 Å². The van der Waals surface area contributed by atoms with E-state index in [1.165, 1.54) is 10.5 Å². The Morgan fingerprint density at radius 1 is 0.806 bits per heavy atom. The van der Waals surface area contributed by atoms with Crippen molar-refractivity contribution in [2.75, 3.05) is 4.90 Å². The maximum atomic E-state index is 14.0. The number of anilines is 1. The van der Waals surface area contributed by atoms with E-state index in [9.17, 15) is 9.59 Å². The number of nitrogens with zero attached hydrogens (tertiary/aromatic N) is 1. The van der Waals surface area contributed by atoms with Gasteiger partial charge in [-0.25, -0.2) is 0 Å². The van der Waals surface area contributed by atoms with E-state index in [1.54, 1.807) is 0 Å². The van der Waals surface area contributed by atoms with Crippen LogP contribution in [0.1, 0.15) is 54.4 Å². The molecule has 0 N–H and O–H groups in total. The number of carbonyl (C=O) groups is 2. The Hall–Kier alpha value is -1.55. The first kappa shape index (κ1) is 27.5. The van der Waals surface area contributed by atoms with Crippen molar-refractivity contribution in [1.29, 1.82) is 0 Å². The number of rotatable bonds is 5. The largest absolute Gasteiger partial charge is 0.413 e. The molecule has 1 saturated carbocycles. The molecule has 0 unspecified atom stereocenters. The minimum absolute atomic E-state index is 0.0505. The van der Waals surface area contributed by atoms with Crippen LogP contribution in [0.3, 0.4) is 0 Å². The van der Waals surface area contributed by atoms with E-state index in [0.717, 1.165) is 6.42 Å². The first-order valence-electron chi connectivity index (χ1n) is 13.4. The highest BCUT2D eigenvalue weighted by Gasteiger charge is 2.60. The Balaban J connectivity index is 1.73. The van der Waals surface area contributed by atoms with Crippen LogP contribution in [0.25, 0.3) is 0 Å². The highest BCUT2D eigenvalue weighted by Crippen LogP contribution is 2.54. The monoisotopic (exact) mass is 527 g/mol. The van der Waals surface area contributed by atoms with Crippen molar-refractivity contribution >= 4 is 34.1 Å². The number of fused-ring (bicyclic) bond motifs is 3. The van der Waals surface area contributed by atoms with Gasteiger partial charge in [0.05, 0.1) is 29.7 Å². The summed E-state index contributed by atoms with van der Waals surface area (Å²) in [7, 11) is -4.17. The molecule has 1 saturated heterocycles. The van der Waals surface area contributed by atoms with Crippen LogP contribution in [0.4, 0.5) is 5.69 Å². The Labute approximate surface area is 219 Å². The van der Waals surface area contributed by atoms with E-state index in [4.69, 9.17) is 8.85 Å². The molecule has 5 nitrogen and oxygen atoms in total. The second-order valence-corrected chi connectivity index (χ2v) is 23.5. The highest BCUT2D eigenvalue weighted by molar-refractivity contribution is 6.74. The number of hydrogen-bond acceptors (Lipinski definition) is 4. The lowest BCUT2D eigenvalue weighted by Crippen LogP contribution is -2.47. The van der Waals surface area contributed by atoms with E-state index in [0.29, 0.717) is 12.1 Å². The van der Waals surface area contributed by atoms with Crippen molar-refractivity contribution in [1.82, 2.24) is 0 Å². The van der Waals surface area contributed by atoms with Crippen LogP contribution in [0, 0.1) is 17.8 Å². The molecule has 3 aliphatic rings. The number of amides is 2. The summed E-state index contributed by atoms with van der Waals surface area (Å²) in [6, 6.07) is 9.36. The molecule has 0 bridgehead atoms. The van der Waals surface area contributed by atoms with Gasteiger partial charge < -0.3 is 8.85 Å². The summed E-state index contributed by atoms with van der Waals surface area (Å²) in [5.41, 5.74) is 1.86. The zero-order valence-corrected chi connectivity index (χ0v) is 25.8. The number of hydrogen-bond donors (Lipinski definition) is 0. The van der Waals surface area contributed by atoms with Gasteiger partial charge in [0.25, 0.3) is 0 Å². The molecule has 1 aromatic rings. The SMILES string of the molecule is CC(C)(C)[Si](C)(C)O[C@H]1C[C@@H](O[Si](C)(C)C(C)(C)C)[C@H]2C1=CC[C@H]1C(=O)N(c3ccccc3)C(=O)[C@@H]21. The van der Waals surface area contributed by atoms with Crippen LogP contribution >= 0.6 is 0 Å². The van der Waals surface area contributed by atoms with Gasteiger partial charge in [-0.05, 0) is 60.4 Å². The predicted octanol–water partition coefficient (Wildman–Crippen LogP) is 6.92. The lowest BCUT2D eigenvalue weighted by atomic mass is 9.73. The summed E-state index contributed by atoms with van der Waals surface area (Å²) in [5, 5.41) is 0.136. The van der Waals surface area contributed by atoms with Crippen LogP contribution in [-0.4, -0.2) is 40.7 Å². The number of benzene rings is 1. The topological polar surface area (TPSA) is 55.8 Å². The molecule has 5 atom stereocenters. The molecule has 2 amide bonds. The normalized spacial score (nSPS) is 29.3. The molecule has 36 heavy (non-hydrogen) atoms. The third-order valence-corrected chi connectivity index (χ3v) is 18.6. The Kier molecular flexibility index (Phi) is 6.90. The third kappa shape index (κ3) is 4.61. The molecule has 2 aliphatic carbocycles. The van der Waals surface area contributed by atoms with Gasteiger partial charge in [-0.15, -0.1) is 0 Å². The standard InChI is InChI=1S/C29H45NO4Si2/c1-28(2,3)35(7,8)33-22-18-23(34-36(9,10)29(4,5)6)24-20(22)16-17-21-25(24)27(32)30(26(21)31)19-14-12-11-13-15-19/h11-16,21-25H,17-18H2,1-10H3/t21-,22+,23-,24-,25-/m1/s1. The number of imide groups is 1. The lowest BCUT2D eigenvalue weighted by Gasteiger charge is -2.41. The minimum Gasteiger partial charge on any atom is -0.413 e. The molecule has 2 fully saturated rings. The molecule has 1 aromatic carbocycles. The molecule has 198 valence electrons. The third-order valence-electron chi connectivity index (χ3n) is 9.58. The van der Waals surface area contributed by atoms with Crippen molar-refractivity contribution in [3.05, 3.63) is 42.0 Å². The first-order chi connectivity index (χ1) is 16.5. The van der Waals surface area contributed by atoms with Gasteiger partial charge in [-0.3, -0.25) is 14.5 Å². The molecule has 7 heteroatoms. The first-order valence-corrected chi connectivity index (χ1v) is 19.3. The maximum absolute atomic E-state index is 14.0. The van der Waals surface area contributed by atoms with E-state index < -0.39 is 16.6 Å². The summed E-state index contributed by atoms with van der Waals surface area (Å²) in [4.78, 5) is 28.9. The summed E-state index contributed by atoms with van der Waals surface area (Å²) in [6.45, 7) is 22.7. The predicted molar refractivity (Wildman–Crippen MR) is 151 cm³/mol. The van der Waals surface area contributed by atoms with Crippen molar-refractivity contribution in [3.8, 4) is 0 Å². The zero-order chi connectivity index (χ0) is 26.8. The van der Waals surface area contributed by atoms with Gasteiger partial charge in [-0.1, -0.05) is 65.8 Å². The second kappa shape index (κ2) is 9.03. The maximum Gasteiger partial charge on any atom is 0.238 e. The number of carbonyl (C=O) groups excluding carboxylic acids is 2. The number of para-hydroxylation sites is 1. The molecule has 4 rings (SSSR count). The number of allylic oxidation sites excluding steroid dienone is 1. The quantitative estimate of drug-likeness (QED) is 0.237. The molecular formula is C29H45NO4Si2. The summed E-state index contributed by atoms with van der Waals surface area (Å²) in [5.74, 6) is -0.989. The van der Waals surface area contributed by atoms with Crippen molar-refractivity contribution in [3.63, 3.8) is 0 Å². The van der Waals surface area contributed by atoms with Crippen LogP contribution in [-0.2, 0) is 18.4 Å². The molecule has 0 aromatic heterocycles. The fourth-order valence-electron chi connectivity index (χ4n) is 5.45. The van der Waals surface area contributed by atoms with Crippen molar-refractivity contribution in [2.24, 2.45) is 17.8 Å². The minimum atomic E-state index is -2.12. The van der Waals surface area contributed by atoms with Gasteiger partial charge in [-0.2, -0.15) is 0 Å². The molecule has 0 radical (unpaired) electrons. The molecule has 0 spiro atoms.